The Balaban J connectivity index is 1.14. The summed E-state index contributed by atoms with van der Waals surface area (Å²) in [6.07, 6.45) is 7.96. The third-order valence-electron chi connectivity index (χ3n) is 11.1. The van der Waals surface area contributed by atoms with Crippen molar-refractivity contribution in [2.24, 2.45) is 11.8 Å². The summed E-state index contributed by atoms with van der Waals surface area (Å²) >= 11 is 3.45. The summed E-state index contributed by atoms with van der Waals surface area (Å²) in [6.45, 7) is 8.76. The Hall–Kier alpha value is -4.96. The Morgan fingerprint density at radius 2 is 0.983 bits per heavy atom. The van der Waals surface area contributed by atoms with Gasteiger partial charge in [-0.1, -0.05) is 76.2 Å². The van der Waals surface area contributed by atoms with E-state index in [0.29, 0.717) is 24.7 Å². The third-order valence-corrected chi connectivity index (χ3v) is 13.1. The number of nitrogens with zero attached hydrogens (tertiary/aromatic N) is 4. The van der Waals surface area contributed by atoms with E-state index < -0.39 is 24.3 Å². The molecule has 6 unspecified atom stereocenters. The fourth-order valence-corrected chi connectivity index (χ4v) is 9.06. The first kappa shape index (κ1) is 42.6. The summed E-state index contributed by atoms with van der Waals surface area (Å²) in [5.74, 6) is 0.895. The zero-order chi connectivity index (χ0) is 41.7. The number of hydrogen-bond donors (Lipinski definition) is 4. The van der Waals surface area contributed by atoms with Crippen molar-refractivity contribution in [3.63, 3.8) is 0 Å². The SMILES string of the molecule is COC(=O)NC(C(=O)N1CC(SC)CC1c1ncc(-c2ccc(-c3ccc(-c4cnc(C5CC(SC)CN5C(=O)C(NC(=O)OC)C(C)C)[nH]4)cc3)cc2)[nH]1)C(C)C. The van der Waals surface area contributed by atoms with Crippen molar-refractivity contribution >= 4 is 47.5 Å². The molecular formula is C42H54N8O6S2. The molecule has 4 heterocycles. The van der Waals surface area contributed by atoms with Crippen LogP contribution in [0.5, 0.6) is 0 Å². The van der Waals surface area contributed by atoms with Crippen LogP contribution >= 0.6 is 23.5 Å². The van der Waals surface area contributed by atoms with E-state index in [2.05, 4.69) is 69.1 Å². The summed E-state index contributed by atoms with van der Waals surface area (Å²) < 4.78 is 9.59. The van der Waals surface area contributed by atoms with Gasteiger partial charge in [-0.15, -0.1) is 0 Å². The monoisotopic (exact) mass is 830 g/mol. The Labute approximate surface area is 348 Å². The summed E-state index contributed by atoms with van der Waals surface area (Å²) in [4.78, 5) is 71.8. The number of imidazole rings is 2. The molecule has 0 saturated carbocycles. The number of carbonyl (C=O) groups is 4. The molecule has 16 heteroatoms. The molecule has 0 spiro atoms. The second-order valence-corrected chi connectivity index (χ2v) is 17.7. The quantitative estimate of drug-likeness (QED) is 0.111. The van der Waals surface area contributed by atoms with Gasteiger partial charge in [-0.2, -0.15) is 23.5 Å². The fourth-order valence-electron chi connectivity index (χ4n) is 7.69. The molecule has 2 aromatic heterocycles. The highest BCUT2D eigenvalue weighted by atomic mass is 32.2. The molecule has 6 rings (SSSR count). The number of likely N-dealkylation sites (tertiary alicyclic amines) is 2. The van der Waals surface area contributed by atoms with Gasteiger partial charge in [0.2, 0.25) is 11.8 Å². The maximum atomic E-state index is 13.8. The van der Waals surface area contributed by atoms with Gasteiger partial charge in [-0.3, -0.25) is 9.59 Å². The van der Waals surface area contributed by atoms with E-state index in [1.54, 1.807) is 23.5 Å². The van der Waals surface area contributed by atoms with Crippen molar-refractivity contribution in [1.29, 1.82) is 0 Å². The third kappa shape index (κ3) is 9.33. The zero-order valence-corrected chi connectivity index (χ0v) is 35.9. The van der Waals surface area contributed by atoms with Gasteiger partial charge in [0.15, 0.2) is 0 Å². The van der Waals surface area contributed by atoms with E-state index in [1.165, 1.54) is 14.2 Å². The van der Waals surface area contributed by atoms with Crippen molar-refractivity contribution in [2.75, 3.05) is 39.8 Å². The lowest BCUT2D eigenvalue weighted by molar-refractivity contribution is -0.136. The van der Waals surface area contributed by atoms with Crippen LogP contribution in [-0.2, 0) is 19.1 Å². The van der Waals surface area contributed by atoms with Gasteiger partial charge in [0.1, 0.15) is 23.7 Å². The molecule has 2 aliphatic heterocycles. The molecule has 2 fully saturated rings. The van der Waals surface area contributed by atoms with Gasteiger partial charge in [-0.05, 0) is 59.4 Å². The lowest BCUT2D eigenvalue weighted by Gasteiger charge is -2.30. The molecule has 2 aliphatic rings. The van der Waals surface area contributed by atoms with Crippen LogP contribution in [0.3, 0.4) is 0 Å². The number of benzene rings is 2. The molecule has 14 nitrogen and oxygen atoms in total. The van der Waals surface area contributed by atoms with Crippen molar-refractivity contribution in [3.8, 4) is 33.6 Å². The maximum Gasteiger partial charge on any atom is 0.407 e. The second kappa shape index (κ2) is 18.7. The first-order chi connectivity index (χ1) is 27.8. The highest BCUT2D eigenvalue weighted by Gasteiger charge is 2.42. The Kier molecular flexibility index (Phi) is 13.8. The van der Waals surface area contributed by atoms with E-state index in [-0.39, 0.29) is 46.2 Å². The molecule has 0 bridgehead atoms. The van der Waals surface area contributed by atoms with Gasteiger partial charge in [0.05, 0.1) is 50.1 Å². The first-order valence-electron chi connectivity index (χ1n) is 19.5. The van der Waals surface area contributed by atoms with Crippen LogP contribution in [0.15, 0.2) is 60.9 Å². The minimum Gasteiger partial charge on any atom is -0.453 e. The zero-order valence-electron chi connectivity index (χ0n) is 34.3. The average molecular weight is 831 g/mol. The first-order valence-corrected chi connectivity index (χ1v) is 22.1. The van der Waals surface area contributed by atoms with Crippen LogP contribution < -0.4 is 10.6 Å². The summed E-state index contributed by atoms with van der Waals surface area (Å²) in [6, 6.07) is 14.6. The fraction of sp³-hybridized carbons (Fsp3) is 0.476. The Morgan fingerprint density at radius 1 is 0.638 bits per heavy atom. The number of aromatic nitrogens is 4. The van der Waals surface area contributed by atoms with E-state index >= 15 is 0 Å². The number of alkyl carbamates (subject to hydrolysis) is 2. The summed E-state index contributed by atoms with van der Waals surface area (Å²) in [7, 11) is 2.58. The molecule has 4 amide bonds. The van der Waals surface area contributed by atoms with Gasteiger partial charge in [-0.25, -0.2) is 19.6 Å². The molecule has 0 aliphatic carbocycles. The molecule has 4 aromatic rings. The number of ether oxygens (including phenoxy) is 2. The Morgan fingerprint density at radius 3 is 1.29 bits per heavy atom. The molecule has 58 heavy (non-hydrogen) atoms. The van der Waals surface area contributed by atoms with Gasteiger partial charge in [0, 0.05) is 23.6 Å². The lowest BCUT2D eigenvalue weighted by atomic mass is 10.0. The van der Waals surface area contributed by atoms with E-state index in [9.17, 15) is 19.2 Å². The molecule has 0 radical (unpaired) electrons. The van der Waals surface area contributed by atoms with E-state index in [4.69, 9.17) is 19.4 Å². The van der Waals surface area contributed by atoms with Crippen LogP contribution in [-0.4, -0.2) is 116 Å². The number of hydrogen-bond acceptors (Lipinski definition) is 10. The molecule has 2 aromatic carbocycles. The number of thioether (sulfide) groups is 2. The van der Waals surface area contributed by atoms with Crippen LogP contribution in [0.1, 0.15) is 64.3 Å². The van der Waals surface area contributed by atoms with E-state index in [1.807, 2.05) is 62.4 Å². The molecule has 4 N–H and O–H groups in total. The lowest BCUT2D eigenvalue weighted by Crippen LogP contribution is -2.51. The van der Waals surface area contributed by atoms with Crippen LogP contribution in [0.2, 0.25) is 0 Å². The highest BCUT2D eigenvalue weighted by Crippen LogP contribution is 2.39. The predicted octanol–water partition coefficient (Wildman–Crippen LogP) is 6.91. The molecule has 2 saturated heterocycles. The number of carbonyl (C=O) groups excluding carboxylic acids is 4. The minimum atomic E-state index is -0.710. The van der Waals surface area contributed by atoms with Crippen LogP contribution in [0.25, 0.3) is 33.6 Å². The summed E-state index contributed by atoms with van der Waals surface area (Å²) in [5, 5.41) is 5.93. The number of aromatic amines is 2. The smallest absolute Gasteiger partial charge is 0.407 e. The molecule has 310 valence electrons. The van der Waals surface area contributed by atoms with Crippen molar-refractivity contribution in [1.82, 2.24) is 40.4 Å². The normalized spacial score (nSPS) is 20.3. The predicted molar refractivity (Wildman–Crippen MR) is 228 cm³/mol. The maximum absolute atomic E-state index is 13.8. The topological polar surface area (TPSA) is 175 Å². The number of amides is 4. The van der Waals surface area contributed by atoms with E-state index in [0.717, 1.165) is 46.5 Å². The van der Waals surface area contributed by atoms with Crippen molar-refractivity contribution < 1.29 is 28.7 Å². The van der Waals surface area contributed by atoms with Gasteiger partial charge in [0.25, 0.3) is 0 Å². The second-order valence-electron chi connectivity index (χ2n) is 15.4. The molecular weight excluding hydrogens is 777 g/mol. The van der Waals surface area contributed by atoms with Gasteiger partial charge < -0.3 is 39.9 Å². The average Bonchev–Trinajstić information content (AvgIpc) is 4.07. The Bertz CT molecular complexity index is 1910. The van der Waals surface area contributed by atoms with Crippen LogP contribution in [0, 0.1) is 11.8 Å². The minimum absolute atomic E-state index is 0.122. The number of rotatable bonds is 13. The highest BCUT2D eigenvalue weighted by molar-refractivity contribution is 7.99. The number of methoxy groups -OCH3 is 2. The van der Waals surface area contributed by atoms with Crippen molar-refractivity contribution in [2.45, 2.75) is 75.2 Å². The standard InChI is InChI=1S/C42H54N8O6S2/c1-23(2)35(47-41(53)55-5)39(51)49-21-29(57-7)17-33(49)37-43-19-31(45-37)27-13-9-25(10-14-27)26-11-15-28(16-12-26)32-20-44-38(46-32)34-18-30(58-8)22-50(34)40(52)36(24(3)4)48-42(54)56-6/h9-16,19-20,23-24,29-30,33-36H,17-18,21-22H2,1-8H3,(H,43,45)(H,44,46)(H,47,53)(H,48,54). The molecule has 6 atom stereocenters. The van der Waals surface area contributed by atoms with Gasteiger partial charge >= 0.3 is 12.2 Å². The van der Waals surface area contributed by atoms with Crippen LogP contribution in [0.4, 0.5) is 9.59 Å². The summed E-state index contributed by atoms with van der Waals surface area (Å²) in [5.41, 5.74) is 5.75. The largest absolute Gasteiger partial charge is 0.453 e. The number of H-pyrrole nitrogens is 2. The number of nitrogens with one attached hydrogen (secondary N) is 4. The van der Waals surface area contributed by atoms with Crippen molar-refractivity contribution in [3.05, 3.63) is 72.6 Å².